The van der Waals surface area contributed by atoms with Gasteiger partial charge in [0.2, 0.25) is 5.91 Å². The molecule has 5 nitrogen and oxygen atoms in total. The molecular formula is C16H25N3O2. The van der Waals surface area contributed by atoms with E-state index < -0.39 is 0 Å². The Balaban J connectivity index is 1.86. The largest absolute Gasteiger partial charge is 0.375 e. The van der Waals surface area contributed by atoms with Crippen LogP contribution < -0.4 is 15.5 Å². The van der Waals surface area contributed by atoms with Crippen molar-refractivity contribution in [1.29, 1.82) is 0 Å². The maximum atomic E-state index is 12.0. The summed E-state index contributed by atoms with van der Waals surface area (Å²) in [5.74, 6) is -0.000658. The zero-order chi connectivity index (χ0) is 15.1. The summed E-state index contributed by atoms with van der Waals surface area (Å²) in [4.78, 5) is 14.3. The third-order valence-corrected chi connectivity index (χ3v) is 3.70. The predicted molar refractivity (Wildman–Crippen MR) is 85.9 cm³/mol. The number of ether oxygens (including phenoxy) is 1. The van der Waals surface area contributed by atoms with E-state index in [1.807, 2.05) is 24.3 Å². The van der Waals surface area contributed by atoms with Crippen LogP contribution >= 0.6 is 0 Å². The van der Waals surface area contributed by atoms with Gasteiger partial charge in [0.05, 0.1) is 19.1 Å². The highest BCUT2D eigenvalue weighted by molar-refractivity contribution is 5.91. The second-order valence-corrected chi connectivity index (χ2v) is 5.17. The Hall–Kier alpha value is -1.59. The van der Waals surface area contributed by atoms with Crippen LogP contribution in [0.25, 0.3) is 0 Å². The molecule has 1 fully saturated rings. The van der Waals surface area contributed by atoms with E-state index in [2.05, 4.69) is 29.4 Å². The van der Waals surface area contributed by atoms with Crippen LogP contribution in [0.5, 0.6) is 0 Å². The normalized spacial score (nSPS) is 18.3. The molecule has 0 aromatic heterocycles. The summed E-state index contributed by atoms with van der Waals surface area (Å²) < 4.78 is 5.54. The van der Waals surface area contributed by atoms with Gasteiger partial charge in [0.25, 0.3) is 0 Å². The molecule has 1 aromatic carbocycles. The van der Waals surface area contributed by atoms with E-state index in [0.29, 0.717) is 13.0 Å². The first-order chi connectivity index (χ1) is 10.2. The van der Waals surface area contributed by atoms with Gasteiger partial charge in [-0.1, -0.05) is 0 Å². The van der Waals surface area contributed by atoms with Gasteiger partial charge >= 0.3 is 0 Å². The maximum Gasteiger partial charge on any atom is 0.227 e. The summed E-state index contributed by atoms with van der Waals surface area (Å²) >= 11 is 0. The highest BCUT2D eigenvalue weighted by Crippen LogP contribution is 2.18. The quantitative estimate of drug-likeness (QED) is 0.840. The summed E-state index contributed by atoms with van der Waals surface area (Å²) in [5, 5.41) is 6.15. The molecule has 2 N–H and O–H groups in total. The lowest BCUT2D eigenvalue weighted by Gasteiger charge is -2.23. The minimum Gasteiger partial charge on any atom is -0.375 e. The number of carbonyl (C=O) groups is 1. The zero-order valence-corrected chi connectivity index (χ0v) is 12.9. The van der Waals surface area contributed by atoms with Gasteiger partial charge in [-0.05, 0) is 38.1 Å². The molecule has 1 unspecified atom stereocenters. The number of amides is 1. The molecular weight excluding hydrogens is 266 g/mol. The molecule has 1 saturated heterocycles. The molecule has 0 saturated carbocycles. The Morgan fingerprint density at radius 2 is 2.05 bits per heavy atom. The predicted octanol–water partition coefficient (Wildman–Crippen LogP) is 1.85. The molecule has 1 aromatic rings. The molecule has 0 radical (unpaired) electrons. The SMILES string of the molecule is CCN(CC)c1ccc(NC(=O)CC2CNCCO2)cc1. The molecule has 1 aliphatic rings. The van der Waals surface area contributed by atoms with Crippen LogP contribution in [0.3, 0.4) is 0 Å². The third-order valence-electron chi connectivity index (χ3n) is 3.70. The number of rotatable bonds is 6. The molecule has 0 aliphatic carbocycles. The Morgan fingerprint density at radius 1 is 1.33 bits per heavy atom. The summed E-state index contributed by atoms with van der Waals surface area (Å²) in [6.45, 7) is 8.52. The van der Waals surface area contributed by atoms with Gasteiger partial charge in [0.15, 0.2) is 0 Å². The molecule has 1 amide bonds. The number of benzene rings is 1. The Morgan fingerprint density at radius 3 is 2.62 bits per heavy atom. The molecule has 1 aliphatic heterocycles. The van der Waals surface area contributed by atoms with Crippen molar-refractivity contribution in [3.8, 4) is 0 Å². The Labute approximate surface area is 126 Å². The van der Waals surface area contributed by atoms with Gasteiger partial charge in [-0.2, -0.15) is 0 Å². The lowest BCUT2D eigenvalue weighted by molar-refractivity contribution is -0.119. The van der Waals surface area contributed by atoms with Crippen LogP contribution in [0.2, 0.25) is 0 Å². The van der Waals surface area contributed by atoms with Crippen LogP contribution in [0, 0.1) is 0 Å². The van der Waals surface area contributed by atoms with Gasteiger partial charge in [0.1, 0.15) is 0 Å². The first-order valence-electron chi connectivity index (χ1n) is 7.70. The molecule has 116 valence electrons. The van der Waals surface area contributed by atoms with Crippen molar-refractivity contribution in [2.45, 2.75) is 26.4 Å². The number of nitrogens with zero attached hydrogens (tertiary/aromatic N) is 1. The Kier molecular flexibility index (Phi) is 6.02. The standard InChI is InChI=1S/C16H25N3O2/c1-3-19(4-2)14-7-5-13(6-8-14)18-16(20)11-15-12-17-9-10-21-15/h5-8,15,17H,3-4,9-12H2,1-2H3,(H,18,20). The number of morpholine rings is 1. The second kappa shape index (κ2) is 8.00. The van der Waals surface area contributed by atoms with E-state index >= 15 is 0 Å². The number of carbonyl (C=O) groups excluding carboxylic acids is 1. The molecule has 1 heterocycles. The fourth-order valence-electron chi connectivity index (χ4n) is 2.51. The van der Waals surface area contributed by atoms with Crippen molar-refractivity contribution < 1.29 is 9.53 Å². The molecule has 1 atom stereocenters. The topological polar surface area (TPSA) is 53.6 Å². The molecule has 5 heteroatoms. The minimum atomic E-state index is -0.0197. The van der Waals surface area contributed by atoms with Crippen molar-refractivity contribution in [3.63, 3.8) is 0 Å². The highest BCUT2D eigenvalue weighted by atomic mass is 16.5. The fraction of sp³-hybridized carbons (Fsp3) is 0.562. The Bertz CT molecular complexity index is 437. The number of nitrogens with one attached hydrogen (secondary N) is 2. The summed E-state index contributed by atoms with van der Waals surface area (Å²) in [5.41, 5.74) is 2.01. The van der Waals surface area contributed by atoms with Crippen molar-refractivity contribution in [1.82, 2.24) is 5.32 Å². The number of hydrogen-bond acceptors (Lipinski definition) is 4. The second-order valence-electron chi connectivity index (χ2n) is 5.17. The third kappa shape index (κ3) is 4.72. The molecule has 2 rings (SSSR count). The van der Waals surface area contributed by atoms with Crippen LogP contribution in [0.15, 0.2) is 24.3 Å². The number of hydrogen-bond donors (Lipinski definition) is 2. The number of anilines is 2. The van der Waals surface area contributed by atoms with E-state index in [1.165, 1.54) is 5.69 Å². The van der Waals surface area contributed by atoms with Crippen molar-refractivity contribution in [2.75, 3.05) is 43.0 Å². The van der Waals surface area contributed by atoms with E-state index in [4.69, 9.17) is 4.74 Å². The van der Waals surface area contributed by atoms with Gasteiger partial charge in [0, 0.05) is 37.6 Å². The van der Waals surface area contributed by atoms with Crippen LogP contribution in [0.4, 0.5) is 11.4 Å². The van der Waals surface area contributed by atoms with Crippen LogP contribution in [-0.2, 0) is 9.53 Å². The average molecular weight is 291 g/mol. The monoisotopic (exact) mass is 291 g/mol. The van der Waals surface area contributed by atoms with Gasteiger partial charge in [-0.25, -0.2) is 0 Å². The maximum absolute atomic E-state index is 12.0. The van der Waals surface area contributed by atoms with Gasteiger partial charge in [-0.3, -0.25) is 4.79 Å². The minimum absolute atomic E-state index is 0.000658. The van der Waals surface area contributed by atoms with Crippen molar-refractivity contribution >= 4 is 17.3 Å². The van der Waals surface area contributed by atoms with E-state index in [-0.39, 0.29) is 12.0 Å². The molecule has 0 bridgehead atoms. The van der Waals surface area contributed by atoms with Crippen molar-refractivity contribution in [3.05, 3.63) is 24.3 Å². The van der Waals surface area contributed by atoms with Crippen molar-refractivity contribution in [2.24, 2.45) is 0 Å². The summed E-state index contributed by atoms with van der Waals surface area (Å²) in [6, 6.07) is 7.99. The van der Waals surface area contributed by atoms with Gasteiger partial charge in [-0.15, -0.1) is 0 Å². The first-order valence-corrected chi connectivity index (χ1v) is 7.70. The van der Waals surface area contributed by atoms with Gasteiger partial charge < -0.3 is 20.3 Å². The lowest BCUT2D eigenvalue weighted by atomic mass is 10.2. The van der Waals surface area contributed by atoms with E-state index in [0.717, 1.165) is 31.9 Å². The van der Waals surface area contributed by atoms with Crippen LogP contribution in [0.1, 0.15) is 20.3 Å². The van der Waals surface area contributed by atoms with E-state index in [9.17, 15) is 4.79 Å². The fourth-order valence-corrected chi connectivity index (χ4v) is 2.51. The van der Waals surface area contributed by atoms with Crippen LogP contribution in [-0.4, -0.2) is 44.8 Å². The average Bonchev–Trinajstić information content (AvgIpc) is 2.51. The summed E-state index contributed by atoms with van der Waals surface area (Å²) in [6.07, 6.45) is 0.374. The first kappa shape index (κ1) is 15.8. The summed E-state index contributed by atoms with van der Waals surface area (Å²) in [7, 11) is 0. The zero-order valence-electron chi connectivity index (χ0n) is 12.9. The molecule has 21 heavy (non-hydrogen) atoms. The lowest BCUT2D eigenvalue weighted by Crippen LogP contribution is -2.40. The van der Waals surface area contributed by atoms with E-state index in [1.54, 1.807) is 0 Å². The molecule has 0 spiro atoms. The smallest absolute Gasteiger partial charge is 0.227 e. The highest BCUT2D eigenvalue weighted by Gasteiger charge is 2.17.